The van der Waals surface area contributed by atoms with Crippen LogP contribution in [0.1, 0.15) is 37.0 Å². The molecule has 1 N–H and O–H groups in total. The normalized spacial score (nSPS) is 12.7. The van der Waals surface area contributed by atoms with Gasteiger partial charge in [0.05, 0.1) is 16.9 Å². The highest BCUT2D eigenvalue weighted by Crippen LogP contribution is 2.28. The number of nitrogens with one attached hydrogen (secondary N) is 1. The summed E-state index contributed by atoms with van der Waals surface area (Å²) in [7, 11) is -4.08. The second kappa shape index (κ2) is 14.3. The number of carbonyl (C=O) groups excluding carboxylic acids is 2. The Morgan fingerprint density at radius 2 is 1.69 bits per heavy atom. The minimum Gasteiger partial charge on any atom is -0.352 e. The lowest BCUT2D eigenvalue weighted by molar-refractivity contribution is -0.384. The largest absolute Gasteiger partial charge is 0.352 e. The van der Waals surface area contributed by atoms with Crippen LogP contribution in [-0.4, -0.2) is 54.9 Å². The van der Waals surface area contributed by atoms with E-state index < -0.39 is 39.3 Å². The molecule has 2 atom stereocenters. The van der Waals surface area contributed by atoms with Crippen molar-refractivity contribution < 1.29 is 22.9 Å². The number of benzene rings is 3. The van der Waals surface area contributed by atoms with Gasteiger partial charge in [0.2, 0.25) is 21.8 Å². The number of carbonyl (C=O) groups is 2. The van der Waals surface area contributed by atoms with Gasteiger partial charge in [0, 0.05) is 36.2 Å². The lowest BCUT2D eigenvalue weighted by Gasteiger charge is -2.34. The molecule has 2 amide bonds. The number of aryl methyl sites for hydroxylation is 1. The minimum atomic E-state index is -4.08. The number of hydrogen-bond donors (Lipinski definition) is 1. The number of halogens is 1. The van der Waals surface area contributed by atoms with Crippen LogP contribution in [0.3, 0.4) is 0 Å². The third-order valence-corrected chi connectivity index (χ3v) is 8.42. The Hall–Kier alpha value is -3.96. The minimum absolute atomic E-state index is 0.00131. The van der Waals surface area contributed by atoms with Crippen LogP contribution in [0.5, 0.6) is 0 Å². The summed E-state index contributed by atoms with van der Waals surface area (Å²) in [5, 5.41) is 14.8. The van der Waals surface area contributed by atoms with Crippen molar-refractivity contribution in [1.29, 1.82) is 0 Å². The molecule has 224 valence electrons. The van der Waals surface area contributed by atoms with Crippen molar-refractivity contribution in [3.63, 3.8) is 0 Å². The Labute approximate surface area is 251 Å². The summed E-state index contributed by atoms with van der Waals surface area (Å²) >= 11 is 6.46. The van der Waals surface area contributed by atoms with E-state index in [-0.39, 0.29) is 30.4 Å². The van der Waals surface area contributed by atoms with E-state index in [0.717, 1.165) is 22.2 Å². The molecule has 0 spiro atoms. The summed E-state index contributed by atoms with van der Waals surface area (Å²) in [6.45, 7) is 4.62. The summed E-state index contributed by atoms with van der Waals surface area (Å²) in [5.74, 6) is -1.07. The van der Waals surface area contributed by atoms with E-state index in [4.69, 9.17) is 11.6 Å². The van der Waals surface area contributed by atoms with Crippen LogP contribution in [0, 0.1) is 17.0 Å². The van der Waals surface area contributed by atoms with Crippen molar-refractivity contribution in [1.82, 2.24) is 10.2 Å². The second-order valence-corrected chi connectivity index (χ2v) is 12.4. The maximum absolute atomic E-state index is 14.2. The monoisotopic (exact) mass is 614 g/mol. The van der Waals surface area contributed by atoms with Gasteiger partial charge in [-0.05, 0) is 43.0 Å². The van der Waals surface area contributed by atoms with Gasteiger partial charge in [0.15, 0.2) is 0 Å². The smallest absolute Gasteiger partial charge is 0.271 e. The molecule has 12 heteroatoms. The molecular formula is C30H35ClN4O6S. The van der Waals surface area contributed by atoms with Gasteiger partial charge in [-0.25, -0.2) is 8.42 Å². The number of anilines is 1. The number of hydrogen-bond acceptors (Lipinski definition) is 6. The summed E-state index contributed by atoms with van der Waals surface area (Å²) in [6.07, 6.45) is 1.75. The van der Waals surface area contributed by atoms with E-state index in [2.05, 4.69) is 5.32 Å². The van der Waals surface area contributed by atoms with Crippen molar-refractivity contribution in [2.75, 3.05) is 17.1 Å². The number of amides is 2. The molecule has 0 saturated carbocycles. The zero-order chi connectivity index (χ0) is 31.0. The lowest BCUT2D eigenvalue weighted by Crippen LogP contribution is -2.54. The number of nitro groups is 1. The average molecular weight is 615 g/mol. The molecule has 3 aromatic carbocycles. The van der Waals surface area contributed by atoms with Crippen LogP contribution in [0.25, 0.3) is 0 Å². The van der Waals surface area contributed by atoms with E-state index in [9.17, 15) is 28.1 Å². The third-order valence-electron chi connectivity index (χ3n) is 6.92. The van der Waals surface area contributed by atoms with E-state index in [0.29, 0.717) is 22.6 Å². The Kier molecular flexibility index (Phi) is 11.1. The Morgan fingerprint density at radius 1 is 1.05 bits per heavy atom. The molecule has 3 aromatic rings. The van der Waals surface area contributed by atoms with Crippen LogP contribution >= 0.6 is 11.6 Å². The van der Waals surface area contributed by atoms with E-state index >= 15 is 0 Å². The fraction of sp³-hybridized carbons (Fsp3) is 0.333. The first-order valence-electron chi connectivity index (χ1n) is 13.4. The Morgan fingerprint density at radius 3 is 2.29 bits per heavy atom. The van der Waals surface area contributed by atoms with Crippen LogP contribution in [0.4, 0.5) is 11.4 Å². The SMILES string of the molecule is CCC(C)NC(=O)C(Cc1ccccc1)N(Cc1ccccc1Cl)C(=O)CN(c1cc([N+](=O)[O-])ccc1C)S(C)(=O)=O. The molecular weight excluding hydrogens is 580 g/mol. The quantitative estimate of drug-likeness (QED) is 0.216. The number of nitrogens with zero attached hydrogens (tertiary/aromatic N) is 3. The van der Waals surface area contributed by atoms with Crippen LogP contribution in [0.15, 0.2) is 72.8 Å². The van der Waals surface area contributed by atoms with Gasteiger partial charge in [-0.1, -0.05) is 73.1 Å². The lowest BCUT2D eigenvalue weighted by atomic mass is 10.0. The van der Waals surface area contributed by atoms with Gasteiger partial charge < -0.3 is 10.2 Å². The van der Waals surface area contributed by atoms with Crippen molar-refractivity contribution in [3.8, 4) is 0 Å². The molecule has 0 radical (unpaired) electrons. The van der Waals surface area contributed by atoms with Crippen LogP contribution < -0.4 is 9.62 Å². The summed E-state index contributed by atoms with van der Waals surface area (Å²) in [5.41, 5.74) is 1.47. The molecule has 0 aliphatic rings. The van der Waals surface area contributed by atoms with E-state index in [1.54, 1.807) is 31.2 Å². The first-order valence-corrected chi connectivity index (χ1v) is 15.6. The van der Waals surface area contributed by atoms with Gasteiger partial charge in [0.25, 0.3) is 5.69 Å². The number of rotatable bonds is 13. The fourth-order valence-electron chi connectivity index (χ4n) is 4.38. The number of non-ortho nitro benzene ring substituents is 1. The van der Waals surface area contributed by atoms with Gasteiger partial charge in [0.1, 0.15) is 12.6 Å². The van der Waals surface area contributed by atoms with Gasteiger partial charge in [-0.2, -0.15) is 0 Å². The fourth-order valence-corrected chi connectivity index (χ4v) is 5.47. The Balaban J connectivity index is 2.12. The molecule has 0 aliphatic heterocycles. The maximum Gasteiger partial charge on any atom is 0.271 e. The van der Waals surface area contributed by atoms with Crippen LogP contribution in [-0.2, 0) is 32.6 Å². The average Bonchev–Trinajstić information content (AvgIpc) is 2.94. The topological polar surface area (TPSA) is 130 Å². The highest BCUT2D eigenvalue weighted by atomic mass is 35.5. The third kappa shape index (κ3) is 8.53. The van der Waals surface area contributed by atoms with E-state index in [1.807, 2.05) is 44.2 Å². The molecule has 0 bridgehead atoms. The Bertz CT molecular complexity index is 1530. The molecule has 0 aliphatic carbocycles. The number of nitro benzene ring substituents is 1. The first kappa shape index (κ1) is 32.6. The maximum atomic E-state index is 14.2. The van der Waals surface area contributed by atoms with Gasteiger partial charge in [-0.15, -0.1) is 0 Å². The molecule has 3 rings (SSSR count). The van der Waals surface area contributed by atoms with Crippen molar-refractivity contribution in [3.05, 3.63) is 105 Å². The van der Waals surface area contributed by atoms with Crippen LogP contribution in [0.2, 0.25) is 5.02 Å². The predicted octanol–water partition coefficient (Wildman–Crippen LogP) is 4.88. The van der Waals surface area contributed by atoms with Crippen molar-refractivity contribution in [2.45, 2.75) is 52.2 Å². The predicted molar refractivity (Wildman–Crippen MR) is 164 cm³/mol. The molecule has 0 heterocycles. The van der Waals surface area contributed by atoms with Crippen molar-refractivity contribution in [2.24, 2.45) is 0 Å². The highest BCUT2D eigenvalue weighted by Gasteiger charge is 2.34. The van der Waals surface area contributed by atoms with E-state index in [1.165, 1.54) is 17.0 Å². The summed E-state index contributed by atoms with van der Waals surface area (Å²) < 4.78 is 26.8. The standard InChI is InChI=1S/C30H35ClN4O6S/c1-5-22(3)32-30(37)28(17-23-11-7-6-8-12-23)33(19-24-13-9-10-14-26(24)31)29(36)20-34(42(4,40)41)27-18-25(35(38)39)16-15-21(27)2/h6-16,18,22,28H,5,17,19-20H2,1-4H3,(H,32,37). The molecule has 0 aromatic heterocycles. The second-order valence-electron chi connectivity index (χ2n) is 10.1. The molecule has 0 saturated heterocycles. The molecule has 42 heavy (non-hydrogen) atoms. The number of sulfonamides is 1. The molecule has 10 nitrogen and oxygen atoms in total. The zero-order valence-corrected chi connectivity index (χ0v) is 25.6. The zero-order valence-electron chi connectivity index (χ0n) is 24.0. The summed E-state index contributed by atoms with van der Waals surface area (Å²) in [6, 6.07) is 18.7. The van der Waals surface area contributed by atoms with Gasteiger partial charge in [-0.3, -0.25) is 24.0 Å². The first-order chi connectivity index (χ1) is 19.8. The summed E-state index contributed by atoms with van der Waals surface area (Å²) in [4.78, 5) is 40.0. The van der Waals surface area contributed by atoms with Gasteiger partial charge >= 0.3 is 0 Å². The van der Waals surface area contributed by atoms with Crippen molar-refractivity contribution >= 4 is 44.8 Å². The molecule has 2 unspecified atom stereocenters. The molecule has 0 fully saturated rings. The highest BCUT2D eigenvalue weighted by molar-refractivity contribution is 7.92.